The van der Waals surface area contributed by atoms with Gasteiger partial charge >= 0.3 is 6.03 Å². The molecule has 0 saturated carbocycles. The molecule has 2 fully saturated rings. The topological polar surface area (TPSA) is 78.5 Å². The maximum Gasteiger partial charge on any atom is 0.322 e. The van der Waals surface area contributed by atoms with Crippen LogP contribution in [0.5, 0.6) is 0 Å². The fourth-order valence-corrected chi connectivity index (χ4v) is 3.13. The molecule has 1 aromatic carbocycles. The van der Waals surface area contributed by atoms with E-state index in [1.54, 1.807) is 23.1 Å². The van der Waals surface area contributed by atoms with Gasteiger partial charge in [-0.3, -0.25) is 14.9 Å². The number of amides is 4. The maximum absolute atomic E-state index is 12.5. The summed E-state index contributed by atoms with van der Waals surface area (Å²) in [5.74, 6) is -0.567. The zero-order valence-electron chi connectivity index (χ0n) is 10.8. The highest BCUT2D eigenvalue weighted by Gasteiger charge is 2.51. The molecule has 1 aromatic rings. The van der Waals surface area contributed by atoms with E-state index in [0.717, 1.165) is 3.57 Å². The Hall–Kier alpha value is -1.35. The summed E-state index contributed by atoms with van der Waals surface area (Å²) < 4.78 is 0.867. The van der Waals surface area contributed by atoms with Crippen molar-refractivity contribution in [1.29, 1.82) is 0 Å². The van der Waals surface area contributed by atoms with Gasteiger partial charge in [-0.1, -0.05) is 11.6 Å². The molecule has 1 spiro atoms. The van der Waals surface area contributed by atoms with Crippen LogP contribution >= 0.6 is 34.2 Å². The number of rotatable bonds is 1. The van der Waals surface area contributed by atoms with Gasteiger partial charge < -0.3 is 10.2 Å². The van der Waals surface area contributed by atoms with Gasteiger partial charge in [0.25, 0.3) is 11.8 Å². The van der Waals surface area contributed by atoms with E-state index in [4.69, 9.17) is 11.6 Å². The number of carbonyl (C=O) groups is 3. The predicted octanol–water partition coefficient (Wildman–Crippen LogP) is 1.37. The van der Waals surface area contributed by atoms with Crippen LogP contribution < -0.4 is 10.6 Å². The largest absolute Gasteiger partial charge is 0.336 e. The molecule has 2 heterocycles. The SMILES string of the molecule is O=C1NC(=O)C2(CCN(C(=O)c3ccc(I)c(Cl)c3)C2)N1. The summed E-state index contributed by atoms with van der Waals surface area (Å²) in [4.78, 5) is 37.2. The fourth-order valence-electron chi connectivity index (χ4n) is 2.61. The van der Waals surface area contributed by atoms with Crippen LogP contribution in [0.25, 0.3) is 0 Å². The average Bonchev–Trinajstić information content (AvgIpc) is 2.97. The van der Waals surface area contributed by atoms with E-state index < -0.39 is 11.6 Å². The van der Waals surface area contributed by atoms with Gasteiger partial charge in [0.2, 0.25) is 0 Å². The number of carbonyl (C=O) groups excluding carboxylic acids is 3. The summed E-state index contributed by atoms with van der Waals surface area (Å²) >= 11 is 8.11. The van der Waals surface area contributed by atoms with Crippen LogP contribution in [0.3, 0.4) is 0 Å². The van der Waals surface area contributed by atoms with E-state index >= 15 is 0 Å². The zero-order chi connectivity index (χ0) is 15.2. The number of halogens is 2. The highest BCUT2D eigenvalue weighted by molar-refractivity contribution is 14.1. The number of likely N-dealkylation sites (tertiary alicyclic amines) is 1. The lowest BCUT2D eigenvalue weighted by atomic mass is 9.99. The third-order valence-electron chi connectivity index (χ3n) is 3.74. The predicted molar refractivity (Wildman–Crippen MR) is 84.1 cm³/mol. The van der Waals surface area contributed by atoms with Gasteiger partial charge in [0, 0.05) is 15.7 Å². The van der Waals surface area contributed by atoms with Crippen molar-refractivity contribution in [2.45, 2.75) is 12.0 Å². The number of nitrogens with zero attached hydrogens (tertiary/aromatic N) is 1. The molecule has 1 unspecified atom stereocenters. The van der Waals surface area contributed by atoms with Crippen LogP contribution in [0.2, 0.25) is 5.02 Å². The number of urea groups is 1. The molecule has 0 aliphatic carbocycles. The Morgan fingerprint density at radius 2 is 2.14 bits per heavy atom. The van der Waals surface area contributed by atoms with Gasteiger partial charge in [0.15, 0.2) is 0 Å². The molecule has 6 nitrogen and oxygen atoms in total. The number of hydrogen-bond donors (Lipinski definition) is 2. The summed E-state index contributed by atoms with van der Waals surface area (Å²) in [7, 11) is 0. The highest BCUT2D eigenvalue weighted by Crippen LogP contribution is 2.27. The molecule has 1 atom stereocenters. The lowest BCUT2D eigenvalue weighted by Crippen LogP contribution is -2.49. The second-order valence-electron chi connectivity index (χ2n) is 5.10. The van der Waals surface area contributed by atoms with E-state index in [1.807, 2.05) is 0 Å². The van der Waals surface area contributed by atoms with E-state index in [1.165, 1.54) is 0 Å². The minimum atomic E-state index is -0.986. The molecule has 8 heteroatoms. The fraction of sp³-hybridized carbons (Fsp3) is 0.308. The highest BCUT2D eigenvalue weighted by atomic mass is 127. The summed E-state index contributed by atoms with van der Waals surface area (Å²) in [6, 6.07) is 4.58. The lowest BCUT2D eigenvalue weighted by Gasteiger charge is -2.21. The second kappa shape index (κ2) is 5.13. The summed E-state index contributed by atoms with van der Waals surface area (Å²) in [5.41, 5.74) is -0.512. The van der Waals surface area contributed by atoms with Crippen molar-refractivity contribution < 1.29 is 14.4 Å². The first-order valence-corrected chi connectivity index (χ1v) is 7.75. The van der Waals surface area contributed by atoms with Crippen LogP contribution in [0.4, 0.5) is 4.79 Å². The minimum Gasteiger partial charge on any atom is -0.336 e. The van der Waals surface area contributed by atoms with Crippen molar-refractivity contribution in [3.8, 4) is 0 Å². The number of hydrogen-bond acceptors (Lipinski definition) is 3. The van der Waals surface area contributed by atoms with E-state index in [2.05, 4.69) is 33.2 Å². The zero-order valence-corrected chi connectivity index (χ0v) is 13.7. The molecule has 0 aromatic heterocycles. The van der Waals surface area contributed by atoms with Gasteiger partial charge in [-0.05, 0) is 47.2 Å². The normalized spacial score (nSPS) is 24.4. The van der Waals surface area contributed by atoms with Crippen molar-refractivity contribution in [3.05, 3.63) is 32.4 Å². The Kier molecular flexibility index (Phi) is 3.56. The van der Waals surface area contributed by atoms with Crippen LogP contribution in [0, 0.1) is 3.57 Å². The molecule has 0 bridgehead atoms. The van der Waals surface area contributed by atoms with Gasteiger partial charge in [-0.25, -0.2) is 4.79 Å². The van der Waals surface area contributed by atoms with Crippen molar-refractivity contribution in [2.75, 3.05) is 13.1 Å². The Morgan fingerprint density at radius 1 is 1.38 bits per heavy atom. The third-order valence-corrected chi connectivity index (χ3v) is 5.31. The van der Waals surface area contributed by atoms with Gasteiger partial charge in [-0.15, -0.1) is 0 Å². The van der Waals surface area contributed by atoms with Crippen LogP contribution in [0.15, 0.2) is 18.2 Å². The molecule has 3 rings (SSSR count). The van der Waals surface area contributed by atoms with Crippen molar-refractivity contribution in [1.82, 2.24) is 15.5 Å². The van der Waals surface area contributed by atoms with Gasteiger partial charge in [0.05, 0.1) is 11.6 Å². The van der Waals surface area contributed by atoms with Crippen LogP contribution in [0.1, 0.15) is 16.8 Å². The molecule has 2 aliphatic rings. The van der Waals surface area contributed by atoms with E-state index in [0.29, 0.717) is 23.6 Å². The van der Waals surface area contributed by atoms with E-state index in [-0.39, 0.29) is 18.4 Å². The van der Waals surface area contributed by atoms with Crippen molar-refractivity contribution in [2.24, 2.45) is 0 Å². The second-order valence-corrected chi connectivity index (χ2v) is 6.67. The minimum absolute atomic E-state index is 0.174. The Balaban J connectivity index is 1.80. The van der Waals surface area contributed by atoms with Crippen molar-refractivity contribution in [3.63, 3.8) is 0 Å². The lowest BCUT2D eigenvalue weighted by molar-refractivity contribution is -0.123. The number of benzene rings is 1. The molecule has 2 N–H and O–H groups in total. The van der Waals surface area contributed by atoms with Crippen LogP contribution in [-0.2, 0) is 4.79 Å². The molecule has 0 radical (unpaired) electrons. The smallest absolute Gasteiger partial charge is 0.322 e. The Morgan fingerprint density at radius 3 is 2.76 bits per heavy atom. The third kappa shape index (κ3) is 2.48. The maximum atomic E-state index is 12.5. The molecular formula is C13H11ClIN3O3. The molecule has 2 aliphatic heterocycles. The van der Waals surface area contributed by atoms with Crippen LogP contribution in [-0.4, -0.2) is 41.4 Å². The Bertz CT molecular complexity index is 666. The average molecular weight is 420 g/mol. The van der Waals surface area contributed by atoms with E-state index in [9.17, 15) is 14.4 Å². The summed E-state index contributed by atoms with van der Waals surface area (Å²) in [6.07, 6.45) is 0.411. The first-order valence-electron chi connectivity index (χ1n) is 6.29. The van der Waals surface area contributed by atoms with Gasteiger partial charge in [-0.2, -0.15) is 0 Å². The first kappa shape index (κ1) is 14.6. The first-order chi connectivity index (χ1) is 9.91. The monoisotopic (exact) mass is 419 g/mol. The van der Waals surface area contributed by atoms with Crippen molar-refractivity contribution >= 4 is 52.0 Å². The molecule has 4 amide bonds. The number of nitrogens with one attached hydrogen (secondary N) is 2. The molecular weight excluding hydrogens is 409 g/mol. The van der Waals surface area contributed by atoms with Gasteiger partial charge in [0.1, 0.15) is 5.54 Å². The quantitative estimate of drug-likeness (QED) is 0.533. The molecule has 21 heavy (non-hydrogen) atoms. The molecule has 110 valence electrons. The standard InChI is InChI=1S/C13H11ClIN3O3/c14-8-5-7(1-2-9(8)15)10(19)18-4-3-13(6-18)11(20)16-12(21)17-13/h1-2,5H,3-4,6H2,(H2,16,17,20,21). The number of imide groups is 1. The summed E-state index contributed by atoms with van der Waals surface area (Å²) in [5, 5.41) is 5.35. The Labute approximate surface area is 139 Å². The molecule has 2 saturated heterocycles. The summed E-state index contributed by atoms with van der Waals surface area (Å²) in [6.45, 7) is 0.586.